The van der Waals surface area contributed by atoms with Crippen molar-refractivity contribution in [3.05, 3.63) is 41.6 Å². The number of rotatable bonds is 7. The monoisotopic (exact) mass is 285 g/mol. The van der Waals surface area contributed by atoms with Crippen molar-refractivity contribution in [2.75, 3.05) is 19.6 Å². The number of aromatic nitrogens is 1. The highest BCUT2D eigenvalue weighted by Gasteiger charge is 2.08. The van der Waals surface area contributed by atoms with E-state index in [1.807, 2.05) is 0 Å². The van der Waals surface area contributed by atoms with Crippen LogP contribution in [0.4, 0.5) is 0 Å². The molecule has 1 aromatic heterocycles. The first-order valence-electron chi connectivity index (χ1n) is 7.91. The molecule has 2 rings (SSSR count). The van der Waals surface area contributed by atoms with Gasteiger partial charge < -0.3 is 5.32 Å². The summed E-state index contributed by atoms with van der Waals surface area (Å²) in [6, 6.07) is 11.2. The van der Waals surface area contributed by atoms with Gasteiger partial charge in [0.05, 0.1) is 5.52 Å². The van der Waals surface area contributed by atoms with E-state index in [9.17, 15) is 0 Å². The summed E-state index contributed by atoms with van der Waals surface area (Å²) in [5.74, 6) is 0. The van der Waals surface area contributed by atoms with Crippen molar-refractivity contribution in [3.63, 3.8) is 0 Å². The number of aryl methyl sites for hydroxylation is 1. The third-order valence-corrected chi connectivity index (χ3v) is 3.75. The lowest BCUT2D eigenvalue weighted by Gasteiger charge is -2.22. The molecule has 0 fully saturated rings. The second-order valence-electron chi connectivity index (χ2n) is 5.92. The summed E-state index contributed by atoms with van der Waals surface area (Å²) in [6.45, 7) is 12.8. The fourth-order valence-electron chi connectivity index (χ4n) is 2.63. The molecular weight excluding hydrogens is 258 g/mol. The van der Waals surface area contributed by atoms with Gasteiger partial charge in [-0.2, -0.15) is 0 Å². The van der Waals surface area contributed by atoms with Crippen LogP contribution in [0.5, 0.6) is 0 Å². The smallest absolute Gasteiger partial charge is 0.0708 e. The van der Waals surface area contributed by atoms with Gasteiger partial charge in [-0.05, 0) is 31.2 Å². The Morgan fingerprint density at radius 3 is 2.71 bits per heavy atom. The van der Waals surface area contributed by atoms with E-state index >= 15 is 0 Å². The Bertz CT molecular complexity index is 578. The van der Waals surface area contributed by atoms with Gasteiger partial charge in [0, 0.05) is 36.8 Å². The molecular formula is C18H27N3. The van der Waals surface area contributed by atoms with E-state index in [2.05, 4.69) is 73.2 Å². The fraction of sp³-hybridized carbons (Fsp3) is 0.500. The first-order valence-corrected chi connectivity index (χ1v) is 7.91. The van der Waals surface area contributed by atoms with Crippen LogP contribution in [0.2, 0.25) is 0 Å². The van der Waals surface area contributed by atoms with Crippen molar-refractivity contribution in [3.8, 4) is 0 Å². The van der Waals surface area contributed by atoms with Crippen LogP contribution in [0.3, 0.4) is 0 Å². The summed E-state index contributed by atoms with van der Waals surface area (Å²) >= 11 is 0. The van der Waals surface area contributed by atoms with Gasteiger partial charge in [0.1, 0.15) is 0 Å². The number of para-hydroxylation sites is 1. The SMILES string of the molecule is CCN(CCNC(C)C)Cc1cc(C)nc2ccccc12. The van der Waals surface area contributed by atoms with Crippen molar-refractivity contribution in [2.24, 2.45) is 0 Å². The molecule has 1 heterocycles. The molecule has 0 amide bonds. The lowest BCUT2D eigenvalue weighted by molar-refractivity contribution is 0.277. The van der Waals surface area contributed by atoms with E-state index in [1.54, 1.807) is 0 Å². The maximum Gasteiger partial charge on any atom is 0.0708 e. The Labute approximate surface area is 128 Å². The third-order valence-electron chi connectivity index (χ3n) is 3.75. The minimum Gasteiger partial charge on any atom is -0.313 e. The van der Waals surface area contributed by atoms with Crippen LogP contribution in [-0.4, -0.2) is 35.6 Å². The molecule has 0 aliphatic heterocycles. The highest BCUT2D eigenvalue weighted by atomic mass is 15.1. The number of likely N-dealkylation sites (N-methyl/N-ethyl adjacent to an activating group) is 1. The van der Waals surface area contributed by atoms with Gasteiger partial charge in [-0.1, -0.05) is 39.0 Å². The van der Waals surface area contributed by atoms with E-state index in [0.717, 1.165) is 37.4 Å². The lowest BCUT2D eigenvalue weighted by Crippen LogP contribution is -2.34. The number of benzene rings is 1. The predicted octanol–water partition coefficient (Wildman–Crippen LogP) is 3.36. The number of pyridine rings is 1. The Morgan fingerprint density at radius 1 is 1.24 bits per heavy atom. The molecule has 0 saturated heterocycles. The Hall–Kier alpha value is -1.45. The quantitative estimate of drug-likeness (QED) is 0.845. The Kier molecular flexibility index (Phi) is 5.71. The zero-order valence-corrected chi connectivity index (χ0v) is 13.7. The Morgan fingerprint density at radius 2 is 2.00 bits per heavy atom. The summed E-state index contributed by atoms with van der Waals surface area (Å²) in [4.78, 5) is 7.11. The van der Waals surface area contributed by atoms with Crippen molar-refractivity contribution in [2.45, 2.75) is 40.3 Å². The van der Waals surface area contributed by atoms with Crippen molar-refractivity contribution in [1.29, 1.82) is 0 Å². The summed E-state index contributed by atoms with van der Waals surface area (Å²) in [5, 5.41) is 4.77. The van der Waals surface area contributed by atoms with Gasteiger partial charge in [-0.15, -0.1) is 0 Å². The first-order chi connectivity index (χ1) is 10.1. The molecule has 1 aromatic carbocycles. The van der Waals surface area contributed by atoms with Gasteiger partial charge in [-0.25, -0.2) is 0 Å². The second kappa shape index (κ2) is 7.53. The van der Waals surface area contributed by atoms with Gasteiger partial charge in [0.25, 0.3) is 0 Å². The molecule has 3 nitrogen and oxygen atoms in total. The molecule has 0 aliphatic carbocycles. The third kappa shape index (κ3) is 4.51. The van der Waals surface area contributed by atoms with Crippen molar-refractivity contribution >= 4 is 10.9 Å². The maximum atomic E-state index is 4.62. The zero-order valence-electron chi connectivity index (χ0n) is 13.7. The number of nitrogens with one attached hydrogen (secondary N) is 1. The highest BCUT2D eigenvalue weighted by Crippen LogP contribution is 2.19. The molecule has 1 N–H and O–H groups in total. The summed E-state index contributed by atoms with van der Waals surface area (Å²) < 4.78 is 0. The standard InChI is InChI=1S/C18H27N3/c1-5-21(11-10-19-14(2)3)13-16-12-15(4)20-18-9-7-6-8-17(16)18/h6-9,12,14,19H,5,10-11,13H2,1-4H3. The van der Waals surface area contributed by atoms with Crippen LogP contribution >= 0.6 is 0 Å². The molecule has 2 aromatic rings. The van der Waals surface area contributed by atoms with Gasteiger partial charge in [0.15, 0.2) is 0 Å². The van der Waals surface area contributed by atoms with E-state index in [0.29, 0.717) is 6.04 Å². The van der Waals surface area contributed by atoms with E-state index in [-0.39, 0.29) is 0 Å². The van der Waals surface area contributed by atoms with Crippen LogP contribution in [0.1, 0.15) is 32.0 Å². The van der Waals surface area contributed by atoms with Crippen LogP contribution in [0.25, 0.3) is 10.9 Å². The zero-order chi connectivity index (χ0) is 15.2. The van der Waals surface area contributed by atoms with Crippen LogP contribution < -0.4 is 5.32 Å². The summed E-state index contributed by atoms with van der Waals surface area (Å²) in [6.07, 6.45) is 0. The average Bonchev–Trinajstić information content (AvgIpc) is 2.45. The summed E-state index contributed by atoms with van der Waals surface area (Å²) in [5.41, 5.74) is 3.58. The molecule has 3 heteroatoms. The molecule has 0 bridgehead atoms. The van der Waals surface area contributed by atoms with Gasteiger partial charge in [0.2, 0.25) is 0 Å². The molecule has 0 spiro atoms. The molecule has 114 valence electrons. The van der Waals surface area contributed by atoms with E-state index < -0.39 is 0 Å². The van der Waals surface area contributed by atoms with Gasteiger partial charge in [-0.3, -0.25) is 9.88 Å². The molecule has 0 saturated carbocycles. The maximum absolute atomic E-state index is 4.62. The minimum absolute atomic E-state index is 0.549. The van der Waals surface area contributed by atoms with Crippen LogP contribution in [-0.2, 0) is 6.54 Å². The fourth-order valence-corrected chi connectivity index (χ4v) is 2.63. The van der Waals surface area contributed by atoms with E-state index in [1.165, 1.54) is 10.9 Å². The molecule has 0 unspecified atom stereocenters. The number of hydrogen-bond donors (Lipinski definition) is 1. The number of hydrogen-bond acceptors (Lipinski definition) is 3. The molecule has 21 heavy (non-hydrogen) atoms. The highest BCUT2D eigenvalue weighted by molar-refractivity contribution is 5.82. The van der Waals surface area contributed by atoms with Crippen molar-refractivity contribution in [1.82, 2.24) is 15.2 Å². The Balaban J connectivity index is 2.13. The molecule has 0 atom stereocenters. The topological polar surface area (TPSA) is 28.2 Å². The molecule has 0 radical (unpaired) electrons. The summed E-state index contributed by atoms with van der Waals surface area (Å²) in [7, 11) is 0. The predicted molar refractivity (Wildman–Crippen MR) is 90.6 cm³/mol. The van der Waals surface area contributed by atoms with Crippen molar-refractivity contribution < 1.29 is 0 Å². The lowest BCUT2D eigenvalue weighted by atomic mass is 10.1. The largest absolute Gasteiger partial charge is 0.313 e. The molecule has 0 aliphatic rings. The minimum atomic E-state index is 0.549. The first kappa shape index (κ1) is 15.9. The van der Waals surface area contributed by atoms with Gasteiger partial charge >= 0.3 is 0 Å². The average molecular weight is 285 g/mol. The van der Waals surface area contributed by atoms with Crippen LogP contribution in [0, 0.1) is 6.92 Å². The van der Waals surface area contributed by atoms with Crippen LogP contribution in [0.15, 0.2) is 30.3 Å². The number of nitrogens with zero attached hydrogens (tertiary/aromatic N) is 2. The number of fused-ring (bicyclic) bond motifs is 1. The van der Waals surface area contributed by atoms with E-state index in [4.69, 9.17) is 0 Å². The normalized spacial score (nSPS) is 11.7. The second-order valence-corrected chi connectivity index (χ2v) is 5.92.